The van der Waals surface area contributed by atoms with Crippen LogP contribution in [0.5, 0.6) is 17.4 Å². The predicted molar refractivity (Wildman–Crippen MR) is 139 cm³/mol. The first-order valence-corrected chi connectivity index (χ1v) is 14.4. The minimum Gasteiger partial charge on any atom is -0.487 e. The van der Waals surface area contributed by atoms with E-state index in [0.717, 1.165) is 6.42 Å². The Bertz CT molecular complexity index is 1350. The van der Waals surface area contributed by atoms with E-state index in [2.05, 4.69) is 25.5 Å². The van der Waals surface area contributed by atoms with E-state index < -0.39 is 10.0 Å². The molecule has 38 heavy (non-hydrogen) atoms. The lowest BCUT2D eigenvalue weighted by Gasteiger charge is -2.28. The van der Waals surface area contributed by atoms with Gasteiger partial charge in [0.25, 0.3) is 0 Å². The van der Waals surface area contributed by atoms with Gasteiger partial charge in [-0.1, -0.05) is 0 Å². The molecule has 3 aromatic rings. The lowest BCUT2D eigenvalue weighted by Crippen LogP contribution is -2.43. The lowest BCUT2D eigenvalue weighted by molar-refractivity contribution is 0.0223. The summed E-state index contributed by atoms with van der Waals surface area (Å²) in [7, 11) is -1.78. The maximum absolute atomic E-state index is 12.1. The van der Waals surface area contributed by atoms with Crippen LogP contribution in [-0.2, 0) is 19.5 Å². The van der Waals surface area contributed by atoms with Gasteiger partial charge in [-0.3, -0.25) is 5.10 Å². The molecule has 0 saturated heterocycles. The number of rotatable bonds is 6. The number of H-pyrrole nitrogens is 1. The van der Waals surface area contributed by atoms with Crippen LogP contribution >= 0.6 is 0 Å². The van der Waals surface area contributed by atoms with Crippen LogP contribution in [0.25, 0.3) is 11.0 Å². The summed E-state index contributed by atoms with van der Waals surface area (Å²) in [6.07, 6.45) is 4.74. The van der Waals surface area contributed by atoms with Gasteiger partial charge in [0, 0.05) is 18.8 Å². The molecule has 1 aromatic carbocycles. The lowest BCUT2D eigenvalue weighted by atomic mass is 10.2. The molecule has 2 atom stereocenters. The topological polar surface area (TPSA) is 150 Å². The third kappa shape index (κ3) is 6.26. The van der Waals surface area contributed by atoms with Gasteiger partial charge in [-0.15, -0.1) is 0 Å². The minimum absolute atomic E-state index is 0.278. The normalized spacial score (nSPS) is 21.1. The first kappa shape index (κ1) is 26.4. The minimum atomic E-state index is -3.36. The van der Waals surface area contributed by atoms with Gasteiger partial charge in [-0.25, -0.2) is 8.42 Å². The number of aromatic nitrogens is 4. The first-order chi connectivity index (χ1) is 18.4. The molecule has 2 aliphatic rings. The van der Waals surface area contributed by atoms with Gasteiger partial charge < -0.3 is 29.0 Å². The number of benzene rings is 1. The summed E-state index contributed by atoms with van der Waals surface area (Å²) in [5, 5.41) is 10.8. The number of nitrogens with one attached hydrogen (secondary N) is 2. The van der Waals surface area contributed by atoms with Gasteiger partial charge >= 0.3 is 0 Å². The van der Waals surface area contributed by atoms with Gasteiger partial charge in [0.05, 0.1) is 44.9 Å². The van der Waals surface area contributed by atoms with E-state index in [0.29, 0.717) is 86.6 Å². The highest BCUT2D eigenvalue weighted by molar-refractivity contribution is 7.88. The molecule has 206 valence electrons. The number of aromatic amines is 1. The predicted octanol–water partition coefficient (Wildman–Crippen LogP) is 2.09. The van der Waals surface area contributed by atoms with Gasteiger partial charge in [-0.05, 0) is 31.4 Å². The van der Waals surface area contributed by atoms with Crippen LogP contribution in [0, 0.1) is 0 Å². The fourth-order valence-corrected chi connectivity index (χ4v) is 5.23. The van der Waals surface area contributed by atoms with Crippen molar-refractivity contribution in [3.05, 3.63) is 24.4 Å². The van der Waals surface area contributed by atoms with E-state index in [4.69, 9.17) is 23.7 Å². The Morgan fingerprint density at radius 3 is 2.53 bits per heavy atom. The molecule has 0 bridgehead atoms. The number of fused-ring (bicyclic) bond motifs is 2. The molecule has 2 N–H and O–H groups in total. The summed E-state index contributed by atoms with van der Waals surface area (Å²) in [6, 6.07) is 5.17. The zero-order valence-corrected chi connectivity index (χ0v) is 22.2. The van der Waals surface area contributed by atoms with Crippen LogP contribution in [-0.4, -0.2) is 98.0 Å². The molecule has 1 aliphatic heterocycles. The average Bonchev–Trinajstić information content (AvgIpc) is 3.53. The van der Waals surface area contributed by atoms with E-state index in [1.807, 2.05) is 6.07 Å². The SMILES string of the molecule is CN([C@@H]1CCC[C@H]1Oc1nc(Nc2ccc3c(c2)OCCOCCOCCO3)nc2[nH]ncc12)S(C)(=O)=O. The average molecular weight is 549 g/mol. The van der Waals surface area contributed by atoms with Crippen molar-refractivity contribution in [2.75, 3.05) is 58.3 Å². The fraction of sp³-hybridized carbons (Fsp3) is 0.542. The molecule has 1 aliphatic carbocycles. The van der Waals surface area contributed by atoms with Crippen molar-refractivity contribution >= 4 is 32.7 Å². The number of ether oxygens (including phenoxy) is 5. The van der Waals surface area contributed by atoms with E-state index in [1.54, 1.807) is 25.4 Å². The molecular weight excluding hydrogens is 516 g/mol. The molecule has 0 spiro atoms. The highest BCUT2D eigenvalue weighted by atomic mass is 32.2. The molecule has 1 fully saturated rings. The maximum atomic E-state index is 12.1. The van der Waals surface area contributed by atoms with Crippen molar-refractivity contribution < 1.29 is 32.1 Å². The van der Waals surface area contributed by atoms with E-state index in [-0.39, 0.29) is 18.1 Å². The Hall–Kier alpha value is -3.20. The monoisotopic (exact) mass is 548 g/mol. The zero-order valence-electron chi connectivity index (χ0n) is 21.4. The van der Waals surface area contributed by atoms with Crippen molar-refractivity contribution in [2.45, 2.75) is 31.4 Å². The van der Waals surface area contributed by atoms with Crippen LogP contribution in [0.3, 0.4) is 0 Å². The second-order valence-corrected chi connectivity index (χ2v) is 11.2. The third-order valence-corrected chi connectivity index (χ3v) is 7.80. The quantitative estimate of drug-likeness (QED) is 0.466. The Balaban J connectivity index is 1.37. The van der Waals surface area contributed by atoms with Crippen LogP contribution in [0.2, 0.25) is 0 Å². The van der Waals surface area contributed by atoms with Crippen LogP contribution in [0.15, 0.2) is 24.4 Å². The van der Waals surface area contributed by atoms with Crippen LogP contribution < -0.4 is 19.5 Å². The van der Waals surface area contributed by atoms with E-state index in [1.165, 1.54) is 10.6 Å². The number of anilines is 2. The maximum Gasteiger partial charge on any atom is 0.232 e. The largest absolute Gasteiger partial charge is 0.487 e. The zero-order chi connectivity index (χ0) is 26.5. The Morgan fingerprint density at radius 1 is 1.03 bits per heavy atom. The van der Waals surface area contributed by atoms with Crippen LogP contribution in [0.1, 0.15) is 19.3 Å². The number of nitrogens with zero attached hydrogens (tertiary/aromatic N) is 4. The van der Waals surface area contributed by atoms with Crippen LogP contribution in [0.4, 0.5) is 11.6 Å². The number of sulfonamides is 1. The molecule has 0 amide bonds. The second kappa shape index (κ2) is 11.7. The van der Waals surface area contributed by atoms with E-state index >= 15 is 0 Å². The second-order valence-electron chi connectivity index (χ2n) is 9.13. The number of hydrogen-bond donors (Lipinski definition) is 2. The molecule has 0 unspecified atom stereocenters. The molecule has 2 aromatic heterocycles. The van der Waals surface area contributed by atoms with Crippen molar-refractivity contribution in [1.82, 2.24) is 24.5 Å². The van der Waals surface area contributed by atoms with Gasteiger partial charge in [0.15, 0.2) is 17.1 Å². The first-order valence-electron chi connectivity index (χ1n) is 12.5. The smallest absolute Gasteiger partial charge is 0.232 e. The van der Waals surface area contributed by atoms with Gasteiger partial charge in [-0.2, -0.15) is 19.4 Å². The Kier molecular flexibility index (Phi) is 8.12. The van der Waals surface area contributed by atoms with Gasteiger partial charge in [0.2, 0.25) is 21.9 Å². The molecule has 13 nitrogen and oxygen atoms in total. The fourth-order valence-electron chi connectivity index (χ4n) is 4.49. The Morgan fingerprint density at radius 2 is 1.76 bits per heavy atom. The molecule has 0 radical (unpaired) electrons. The van der Waals surface area contributed by atoms with E-state index in [9.17, 15) is 8.42 Å². The summed E-state index contributed by atoms with van der Waals surface area (Å²) in [5.41, 5.74) is 1.17. The number of likely N-dealkylation sites (N-methyl/N-ethyl adjacent to an activating group) is 1. The highest BCUT2D eigenvalue weighted by Crippen LogP contribution is 2.34. The highest BCUT2D eigenvalue weighted by Gasteiger charge is 2.36. The summed E-state index contributed by atoms with van der Waals surface area (Å²) in [5.74, 6) is 1.76. The molecular formula is C24H32N6O7S. The van der Waals surface area contributed by atoms with Crippen molar-refractivity contribution in [3.8, 4) is 17.4 Å². The third-order valence-electron chi connectivity index (χ3n) is 6.49. The Labute approximate surface area is 220 Å². The van der Waals surface area contributed by atoms with Crippen molar-refractivity contribution in [2.24, 2.45) is 0 Å². The molecule has 3 heterocycles. The molecule has 5 rings (SSSR count). The summed E-state index contributed by atoms with van der Waals surface area (Å²) in [6.45, 7) is 2.64. The molecule has 14 heteroatoms. The van der Waals surface area contributed by atoms with Gasteiger partial charge in [0.1, 0.15) is 24.7 Å². The molecule has 1 saturated carbocycles. The summed E-state index contributed by atoms with van der Waals surface area (Å²) >= 11 is 0. The summed E-state index contributed by atoms with van der Waals surface area (Å²) < 4.78 is 54.7. The standard InChI is InChI=1S/C24H32N6O7S/c1-30(38(2,31)32)18-4-3-5-19(18)37-23-17-15-25-29-22(17)27-24(28-23)26-16-6-7-20-21(14-16)36-13-11-34-9-8-33-10-12-35-20/h6-7,14-15,18-19H,3-5,8-13H2,1-2H3,(H2,25,26,27,28,29)/t18-,19-/m1/s1. The number of hydrogen-bond acceptors (Lipinski definition) is 11. The summed E-state index contributed by atoms with van der Waals surface area (Å²) in [4.78, 5) is 9.12. The van der Waals surface area contributed by atoms with Crippen molar-refractivity contribution in [3.63, 3.8) is 0 Å². The van der Waals surface area contributed by atoms with Crippen molar-refractivity contribution in [1.29, 1.82) is 0 Å².